The third-order valence-corrected chi connectivity index (χ3v) is 12.2. The van der Waals surface area contributed by atoms with E-state index in [2.05, 4.69) is 35.6 Å². The normalized spacial score (nSPS) is 14.3. The van der Waals surface area contributed by atoms with Gasteiger partial charge in [0.05, 0.1) is 0 Å². The van der Waals surface area contributed by atoms with Crippen LogP contribution in [0.1, 0.15) is 50.7 Å². The minimum Gasteiger partial charge on any atom is -0.292 e. The number of hydrogen-bond donors (Lipinski definition) is 2. The molecule has 0 radical (unpaired) electrons. The number of thiol groups is 1. The molecule has 1 aromatic carbocycles. The van der Waals surface area contributed by atoms with E-state index >= 15 is 4.39 Å². The van der Waals surface area contributed by atoms with Gasteiger partial charge in [-0.25, -0.2) is 37.3 Å². The number of alkyl halides is 3. The van der Waals surface area contributed by atoms with Gasteiger partial charge < -0.3 is 0 Å². The van der Waals surface area contributed by atoms with Gasteiger partial charge in [-0.05, 0) is 65.2 Å². The zero-order valence-electron chi connectivity index (χ0n) is 22.6. The molecule has 1 atom stereocenters. The molecule has 0 bridgehead atoms. The Morgan fingerprint density at radius 3 is 2.18 bits per heavy atom. The van der Waals surface area contributed by atoms with Gasteiger partial charge in [0.25, 0.3) is 5.91 Å². The number of rotatable bonds is 9. The fourth-order valence-corrected chi connectivity index (χ4v) is 8.31. The number of aromatic nitrogens is 1. The number of pyridine rings is 1. The highest BCUT2D eigenvalue weighted by Gasteiger charge is 2.37. The Labute approximate surface area is 238 Å². The second-order valence-corrected chi connectivity index (χ2v) is 15.4. The number of hydrogen-bond acceptors (Lipinski definition) is 5. The highest BCUT2D eigenvalue weighted by atomic mass is 79.9. The summed E-state index contributed by atoms with van der Waals surface area (Å²) < 4.78 is 73.7. The molecule has 0 aliphatic carbocycles. The van der Waals surface area contributed by atoms with Gasteiger partial charge in [0.1, 0.15) is 33.2 Å². The zero-order valence-corrected chi connectivity index (χ0v) is 25.9. The number of benzene rings is 1. The highest BCUT2D eigenvalue weighted by molar-refractivity contribution is 9.10. The molecule has 1 amide bonds. The van der Waals surface area contributed by atoms with E-state index in [-0.39, 0.29) is 11.3 Å². The number of carbonyl (C=O) groups is 1. The maximum Gasteiger partial charge on any atom is 0.407 e. The number of nitrogens with one attached hydrogen (secondary N) is 1. The number of halogens is 5. The van der Waals surface area contributed by atoms with Crippen molar-refractivity contribution in [1.29, 1.82) is 0 Å². The third kappa shape index (κ3) is 8.16. The van der Waals surface area contributed by atoms with Crippen LogP contribution in [0.3, 0.4) is 0 Å². The molecule has 218 valence electrons. The van der Waals surface area contributed by atoms with Crippen molar-refractivity contribution in [1.82, 2.24) is 14.6 Å². The van der Waals surface area contributed by atoms with Gasteiger partial charge in [-0.3, -0.25) is 10.1 Å². The number of nitrogens with zero attached hydrogens (tertiary/aromatic N) is 4. The Morgan fingerprint density at radius 2 is 1.69 bits per heavy atom. The van der Waals surface area contributed by atoms with Crippen LogP contribution in [0.2, 0.25) is 0 Å². The molecule has 0 fully saturated rings. The number of amides is 1. The van der Waals surface area contributed by atoms with Crippen molar-refractivity contribution in [3.63, 3.8) is 0 Å². The van der Waals surface area contributed by atoms with E-state index in [1.165, 1.54) is 26.0 Å². The van der Waals surface area contributed by atoms with Crippen molar-refractivity contribution >= 4 is 48.6 Å². The smallest absolute Gasteiger partial charge is 0.292 e. The largest absolute Gasteiger partial charge is 0.407 e. The van der Waals surface area contributed by atoms with Crippen LogP contribution in [-0.2, 0) is 16.3 Å². The first-order valence-electron chi connectivity index (χ1n) is 12.1. The summed E-state index contributed by atoms with van der Waals surface area (Å²) in [6.07, 6.45) is -4.81. The lowest BCUT2D eigenvalue weighted by molar-refractivity contribution is -0.130. The first-order valence-corrected chi connectivity index (χ1v) is 16.2. The average molecular weight is 657 g/mol. The molecular weight excluding hydrogens is 622 g/mol. The first kappa shape index (κ1) is 33.0. The molecule has 0 saturated heterocycles. The predicted octanol–water partition coefficient (Wildman–Crippen LogP) is 6.30. The fourth-order valence-electron chi connectivity index (χ4n) is 4.00. The molecule has 0 saturated carbocycles. The lowest BCUT2D eigenvalue weighted by Gasteiger charge is -2.39. The molecule has 39 heavy (non-hydrogen) atoms. The molecule has 14 heteroatoms. The quantitative estimate of drug-likeness (QED) is 0.109. The summed E-state index contributed by atoms with van der Waals surface area (Å²) >= 11 is 3.36. The second kappa shape index (κ2) is 13.4. The number of aliphatic imine (C=N–C) groups is 1. The Bertz CT molecular complexity index is 1270. The van der Waals surface area contributed by atoms with Crippen LogP contribution < -0.4 is 5.32 Å². The van der Waals surface area contributed by atoms with E-state index in [0.29, 0.717) is 13.8 Å². The van der Waals surface area contributed by atoms with Gasteiger partial charge in [-0.15, -0.1) is 0 Å². The molecule has 1 unspecified atom stereocenters. The molecule has 7 nitrogen and oxygen atoms in total. The molecule has 0 aliphatic rings. The van der Waals surface area contributed by atoms with Crippen molar-refractivity contribution in [2.45, 2.75) is 51.2 Å². The number of carbonyl (C=O) groups excluding carboxylic acids is 1. The minimum absolute atomic E-state index is 0.124. The van der Waals surface area contributed by atoms with Crippen LogP contribution in [0, 0.1) is 5.82 Å². The van der Waals surface area contributed by atoms with Gasteiger partial charge in [0.2, 0.25) is 5.96 Å². The lowest BCUT2D eigenvalue weighted by Crippen LogP contribution is -2.48. The van der Waals surface area contributed by atoms with Crippen molar-refractivity contribution in [3.8, 4) is 0 Å². The van der Waals surface area contributed by atoms with Crippen LogP contribution in [0.25, 0.3) is 0 Å². The summed E-state index contributed by atoms with van der Waals surface area (Å²) in [6.45, 7) is 7.21. The van der Waals surface area contributed by atoms with Gasteiger partial charge in [-0.1, -0.05) is 39.0 Å². The van der Waals surface area contributed by atoms with Gasteiger partial charge in [0.15, 0.2) is 5.82 Å². The summed E-state index contributed by atoms with van der Waals surface area (Å²) in [4.78, 5) is 22.1. The van der Waals surface area contributed by atoms with Gasteiger partial charge >= 0.3 is 6.18 Å². The lowest BCUT2D eigenvalue weighted by atomic mass is 10.0. The summed E-state index contributed by atoms with van der Waals surface area (Å²) in [6, 6.07) is 9.39. The zero-order chi connectivity index (χ0) is 29.6. The minimum atomic E-state index is -4.81. The monoisotopic (exact) mass is 655 g/mol. The Kier molecular flexibility index (Phi) is 11.4. The van der Waals surface area contributed by atoms with Crippen molar-refractivity contribution in [3.05, 3.63) is 58.1 Å². The molecule has 2 aromatic rings. The Balaban J connectivity index is 2.80. The standard InChI is InChI=1S/C25H34BrF4N5O2S2/c1-7-39(8-2,9-3)18-15-19(26)32-21(20(18)27)24(4,5)34-23(33-22(36)17-13-11-10-12-14-17)35(38(37)31-6)16-25(28,29)30/h10-15,38H,7-9,16H2,1-6H3,(H,33,34,36). The second-order valence-electron chi connectivity index (χ2n) is 8.96. The van der Waals surface area contributed by atoms with Crippen molar-refractivity contribution < 1.29 is 26.6 Å². The van der Waals surface area contributed by atoms with Crippen LogP contribution in [-0.4, -0.2) is 62.4 Å². The van der Waals surface area contributed by atoms with E-state index in [4.69, 9.17) is 0 Å². The summed E-state index contributed by atoms with van der Waals surface area (Å²) in [7, 11) is -3.45. The van der Waals surface area contributed by atoms with Crippen molar-refractivity contribution in [2.75, 3.05) is 30.9 Å². The van der Waals surface area contributed by atoms with E-state index < -0.39 is 56.8 Å². The Hall–Kier alpha value is -2.19. The first-order chi connectivity index (χ1) is 18.1. The van der Waals surface area contributed by atoms with E-state index in [0.717, 1.165) is 24.3 Å². The van der Waals surface area contributed by atoms with E-state index in [1.807, 2.05) is 20.8 Å². The van der Waals surface area contributed by atoms with E-state index in [9.17, 15) is 22.2 Å². The Morgan fingerprint density at radius 1 is 1.13 bits per heavy atom. The van der Waals surface area contributed by atoms with Crippen molar-refractivity contribution in [2.24, 2.45) is 9.36 Å². The molecule has 0 aliphatic heterocycles. The SMILES string of the molecule is CCS(CC)(CC)c1cc(Br)nc(C(C)(C)/N=C(/NC(=O)c2ccccc2)N(CC(F)(F)F)/[SH](=O)=N/C)c1F. The van der Waals surface area contributed by atoms with Gasteiger partial charge in [-0.2, -0.15) is 13.2 Å². The van der Waals surface area contributed by atoms with Crippen LogP contribution in [0.5, 0.6) is 0 Å². The molecule has 1 heterocycles. The summed E-state index contributed by atoms with van der Waals surface area (Å²) in [5, 5.41) is 2.35. The summed E-state index contributed by atoms with van der Waals surface area (Å²) in [5.41, 5.74) is -1.58. The van der Waals surface area contributed by atoms with Crippen LogP contribution in [0.15, 0.2) is 55.3 Å². The molecule has 1 N–H and O–H groups in total. The summed E-state index contributed by atoms with van der Waals surface area (Å²) in [5.74, 6) is 0.132. The average Bonchev–Trinajstić information content (AvgIpc) is 2.89. The molecular formula is C25H34BrF4N5O2S2. The topological polar surface area (TPSA) is 87.0 Å². The fraction of sp³-hybridized carbons (Fsp3) is 0.480. The maximum atomic E-state index is 16.2. The molecule has 2 rings (SSSR count). The van der Waals surface area contributed by atoms with E-state index in [1.54, 1.807) is 24.3 Å². The van der Waals surface area contributed by atoms with Crippen LogP contribution >= 0.6 is 26.0 Å². The van der Waals surface area contributed by atoms with Gasteiger partial charge in [0, 0.05) is 17.5 Å². The molecule has 1 aromatic heterocycles. The molecule has 0 spiro atoms. The highest BCUT2D eigenvalue weighted by Crippen LogP contribution is 2.57. The van der Waals surface area contributed by atoms with Crippen LogP contribution in [0.4, 0.5) is 17.6 Å². The predicted molar refractivity (Wildman–Crippen MR) is 154 cm³/mol. The maximum absolute atomic E-state index is 16.2. The third-order valence-electron chi connectivity index (χ3n) is 6.19. The number of guanidine groups is 1.